The van der Waals surface area contributed by atoms with E-state index in [9.17, 15) is 24.4 Å². The van der Waals surface area contributed by atoms with Crippen molar-refractivity contribution in [2.45, 2.75) is 64.1 Å². The van der Waals surface area contributed by atoms with Gasteiger partial charge in [-0.2, -0.15) is 0 Å². The van der Waals surface area contributed by atoms with Crippen LogP contribution in [0.5, 0.6) is 0 Å². The van der Waals surface area contributed by atoms with E-state index in [4.69, 9.17) is 4.74 Å². The molecule has 3 aliphatic heterocycles. The van der Waals surface area contributed by atoms with Gasteiger partial charge in [0, 0.05) is 19.6 Å². The minimum absolute atomic E-state index is 0.214. The maximum atomic E-state index is 12.5. The van der Waals surface area contributed by atoms with Gasteiger partial charge in [-0.15, -0.1) is 0 Å². The summed E-state index contributed by atoms with van der Waals surface area (Å²) in [5.41, 5.74) is 4.18. The minimum Gasteiger partial charge on any atom is -0.444 e. The average molecular weight is 411 g/mol. The van der Waals surface area contributed by atoms with E-state index in [0.29, 0.717) is 37.3 Å². The Morgan fingerprint density at radius 2 is 1.76 bits per heavy atom. The first-order valence-electron chi connectivity index (χ1n) is 9.93. The number of hydrogen-bond acceptors (Lipinski definition) is 6. The van der Waals surface area contributed by atoms with Crippen molar-refractivity contribution in [2.24, 2.45) is 5.92 Å². The van der Waals surface area contributed by atoms with Crippen LogP contribution < -0.4 is 10.9 Å². The third-order valence-corrected chi connectivity index (χ3v) is 5.40. The number of carbonyl (C=O) groups is 4. The highest BCUT2D eigenvalue weighted by molar-refractivity contribution is 5.90. The highest BCUT2D eigenvalue weighted by atomic mass is 16.6. The van der Waals surface area contributed by atoms with Crippen molar-refractivity contribution in [3.8, 4) is 0 Å². The van der Waals surface area contributed by atoms with Gasteiger partial charge in [0.25, 0.3) is 5.91 Å². The van der Waals surface area contributed by atoms with E-state index < -0.39 is 41.5 Å². The van der Waals surface area contributed by atoms with E-state index in [-0.39, 0.29) is 19.1 Å². The van der Waals surface area contributed by atoms with Gasteiger partial charge in [0.1, 0.15) is 11.6 Å². The number of fused-ring (bicyclic) bond motifs is 2. The molecule has 3 fully saturated rings. The van der Waals surface area contributed by atoms with Crippen LogP contribution in [0.15, 0.2) is 0 Å². The Morgan fingerprint density at radius 1 is 1.07 bits per heavy atom. The molecule has 3 atom stereocenters. The van der Waals surface area contributed by atoms with Gasteiger partial charge >= 0.3 is 12.1 Å². The van der Waals surface area contributed by atoms with Crippen molar-refractivity contribution in [1.29, 1.82) is 0 Å². The summed E-state index contributed by atoms with van der Waals surface area (Å²) in [5.74, 6) is -1.36. The molecule has 5 amide bonds. The van der Waals surface area contributed by atoms with Crippen LogP contribution in [-0.2, 0) is 14.3 Å². The van der Waals surface area contributed by atoms with E-state index in [1.165, 1.54) is 9.80 Å². The molecule has 0 unspecified atom stereocenters. The number of nitrogens with zero attached hydrogens (tertiary/aromatic N) is 3. The predicted octanol–water partition coefficient (Wildman–Crippen LogP) is 0.439. The van der Waals surface area contributed by atoms with Crippen LogP contribution >= 0.6 is 0 Å². The van der Waals surface area contributed by atoms with Gasteiger partial charge < -0.3 is 14.5 Å². The third kappa shape index (κ3) is 4.72. The lowest BCUT2D eigenvalue weighted by atomic mass is 9.97. The molecule has 11 heteroatoms. The summed E-state index contributed by atoms with van der Waals surface area (Å²) < 4.78 is 5.35. The molecule has 0 aromatic rings. The lowest BCUT2D eigenvalue weighted by molar-refractivity contribution is -0.134. The number of amides is 5. The smallest absolute Gasteiger partial charge is 0.410 e. The number of nitrogens with one attached hydrogen (secondary N) is 2. The van der Waals surface area contributed by atoms with Gasteiger partial charge in [-0.1, -0.05) is 0 Å². The third-order valence-electron chi connectivity index (χ3n) is 5.40. The fourth-order valence-corrected chi connectivity index (χ4v) is 3.92. The van der Waals surface area contributed by atoms with Crippen LogP contribution in [0.25, 0.3) is 0 Å². The second-order valence-corrected chi connectivity index (χ2v) is 8.77. The van der Waals surface area contributed by atoms with Crippen LogP contribution in [0.2, 0.25) is 0 Å². The van der Waals surface area contributed by atoms with Crippen LogP contribution in [-0.4, -0.2) is 81.3 Å². The summed E-state index contributed by atoms with van der Waals surface area (Å²) in [7, 11) is 0. The highest BCUT2D eigenvalue weighted by Gasteiger charge is 2.46. The quantitative estimate of drug-likeness (QED) is 0.446. The molecule has 29 heavy (non-hydrogen) atoms. The molecule has 2 bridgehead atoms. The molecule has 0 saturated carbocycles. The van der Waals surface area contributed by atoms with E-state index in [0.717, 1.165) is 0 Å². The summed E-state index contributed by atoms with van der Waals surface area (Å²) in [5, 5.41) is 10.4. The topological polar surface area (TPSA) is 132 Å². The number of rotatable bonds is 2. The second-order valence-electron chi connectivity index (χ2n) is 8.77. The molecular formula is C18H29N5O6. The largest absolute Gasteiger partial charge is 0.444 e. The van der Waals surface area contributed by atoms with E-state index in [2.05, 4.69) is 10.9 Å². The number of hydroxylamine groups is 2. The van der Waals surface area contributed by atoms with E-state index >= 15 is 0 Å². The zero-order valence-electron chi connectivity index (χ0n) is 17.0. The van der Waals surface area contributed by atoms with Crippen LogP contribution in [0.4, 0.5) is 9.59 Å². The number of piperidine rings is 2. The number of hydrogen-bond donors (Lipinski definition) is 3. The van der Waals surface area contributed by atoms with Gasteiger partial charge in [-0.25, -0.2) is 14.7 Å². The number of urea groups is 1. The molecule has 3 heterocycles. The normalized spacial score (nSPS) is 27.0. The molecule has 162 valence electrons. The lowest BCUT2D eigenvalue weighted by Crippen LogP contribution is -2.56. The first-order chi connectivity index (χ1) is 13.6. The van der Waals surface area contributed by atoms with Crippen molar-refractivity contribution in [1.82, 2.24) is 25.7 Å². The Balaban J connectivity index is 1.49. The lowest BCUT2D eigenvalue weighted by Gasteiger charge is -2.33. The Labute approximate surface area is 169 Å². The molecule has 0 aromatic heterocycles. The van der Waals surface area contributed by atoms with Crippen LogP contribution in [0.3, 0.4) is 0 Å². The predicted molar refractivity (Wildman–Crippen MR) is 99.4 cm³/mol. The Bertz CT molecular complexity index is 693. The first kappa shape index (κ1) is 21.2. The van der Waals surface area contributed by atoms with Gasteiger partial charge in [0.15, 0.2) is 0 Å². The SMILES string of the molecule is CC(C)(C)OC(=O)N1CCC[C@@H](C(=O)NNC(=O)[C@@H]2CC[C@@H]3CN2C(=O)N3O)C1. The summed E-state index contributed by atoms with van der Waals surface area (Å²) in [4.78, 5) is 51.9. The fraction of sp³-hybridized carbons (Fsp3) is 0.778. The number of ether oxygens (including phenoxy) is 1. The Kier molecular flexibility index (Phi) is 5.87. The molecule has 0 aromatic carbocycles. The summed E-state index contributed by atoms with van der Waals surface area (Å²) in [6.07, 6.45) is 1.71. The maximum Gasteiger partial charge on any atom is 0.410 e. The molecule has 11 nitrogen and oxygen atoms in total. The number of hydrazine groups is 1. The molecule has 3 N–H and O–H groups in total. The molecule has 3 aliphatic rings. The fourth-order valence-electron chi connectivity index (χ4n) is 3.92. The summed E-state index contributed by atoms with van der Waals surface area (Å²) >= 11 is 0. The second kappa shape index (κ2) is 8.05. The van der Waals surface area contributed by atoms with E-state index in [1.807, 2.05) is 0 Å². The summed E-state index contributed by atoms with van der Waals surface area (Å²) in [6.45, 7) is 6.36. The highest BCUT2D eigenvalue weighted by Crippen LogP contribution is 2.28. The summed E-state index contributed by atoms with van der Waals surface area (Å²) in [6, 6.07) is -1.62. The first-order valence-corrected chi connectivity index (χ1v) is 9.93. The van der Waals surface area contributed by atoms with E-state index in [1.54, 1.807) is 20.8 Å². The van der Waals surface area contributed by atoms with Gasteiger partial charge in [-0.05, 0) is 46.5 Å². The average Bonchev–Trinajstić information content (AvgIpc) is 2.89. The molecule has 0 aliphatic carbocycles. The molecule has 0 radical (unpaired) electrons. The molecule has 0 spiro atoms. The number of carbonyl (C=O) groups excluding carboxylic acids is 4. The van der Waals surface area contributed by atoms with Crippen molar-refractivity contribution < 1.29 is 29.1 Å². The zero-order valence-corrected chi connectivity index (χ0v) is 17.0. The van der Waals surface area contributed by atoms with Crippen molar-refractivity contribution in [2.75, 3.05) is 19.6 Å². The van der Waals surface area contributed by atoms with Gasteiger partial charge in [0.2, 0.25) is 5.91 Å². The van der Waals surface area contributed by atoms with Gasteiger partial charge in [0.05, 0.1) is 12.0 Å². The monoisotopic (exact) mass is 411 g/mol. The van der Waals surface area contributed by atoms with Gasteiger partial charge in [-0.3, -0.25) is 25.6 Å². The van der Waals surface area contributed by atoms with Crippen molar-refractivity contribution in [3.63, 3.8) is 0 Å². The Morgan fingerprint density at radius 3 is 2.45 bits per heavy atom. The van der Waals surface area contributed by atoms with Crippen LogP contribution in [0.1, 0.15) is 46.5 Å². The molecule has 3 saturated heterocycles. The molecular weight excluding hydrogens is 382 g/mol. The van der Waals surface area contributed by atoms with Crippen molar-refractivity contribution in [3.05, 3.63) is 0 Å². The zero-order chi connectivity index (χ0) is 21.3. The molecule has 3 rings (SSSR count). The maximum absolute atomic E-state index is 12.5. The minimum atomic E-state index is -0.735. The van der Waals surface area contributed by atoms with Crippen LogP contribution in [0, 0.1) is 5.92 Å². The Hall–Kier alpha value is -2.56. The number of likely N-dealkylation sites (tertiary alicyclic amines) is 1. The standard InChI is InChI=1S/C18H29N5O6/c1-18(2,3)29-17(27)21-8-4-5-11(9-21)14(24)19-20-15(25)13-7-6-12-10-22(13)16(26)23(12)28/h11-13,28H,4-10H2,1-3H3,(H,19,24)(H,20,25)/t11-,12-,13+/m1/s1. The van der Waals surface area contributed by atoms with Crippen molar-refractivity contribution >= 4 is 23.9 Å².